The lowest BCUT2D eigenvalue weighted by Crippen LogP contribution is -2.30. The predicted octanol–water partition coefficient (Wildman–Crippen LogP) is 2.19. The molecular formula is C13H18O5. The normalized spacial score (nSPS) is 10.9. The molecule has 1 N–H and O–H groups in total. The lowest BCUT2D eigenvalue weighted by atomic mass is 9.95. The minimum atomic E-state index is -0.948. The summed E-state index contributed by atoms with van der Waals surface area (Å²) in [5, 5.41) is 8.99. The van der Waals surface area contributed by atoms with Crippen LogP contribution in [0.1, 0.15) is 13.8 Å². The number of benzene rings is 1. The third-order valence-corrected chi connectivity index (χ3v) is 2.50. The molecule has 0 amide bonds. The van der Waals surface area contributed by atoms with E-state index in [2.05, 4.69) is 0 Å². The molecule has 1 aromatic carbocycles. The molecule has 0 spiro atoms. The minimum Gasteiger partial charge on any atom is -0.496 e. The van der Waals surface area contributed by atoms with Crippen LogP contribution in [0.2, 0.25) is 0 Å². The number of methoxy groups -OCH3 is 2. The maximum absolute atomic E-state index is 11.0. The second-order valence-electron chi connectivity index (χ2n) is 4.53. The van der Waals surface area contributed by atoms with Gasteiger partial charge >= 0.3 is 5.97 Å². The Morgan fingerprint density at radius 1 is 1.11 bits per heavy atom. The average Bonchev–Trinajstić information content (AvgIpc) is 2.35. The first-order valence-electron chi connectivity index (χ1n) is 5.48. The van der Waals surface area contributed by atoms with Crippen molar-refractivity contribution in [2.75, 3.05) is 20.8 Å². The van der Waals surface area contributed by atoms with Gasteiger partial charge in [-0.15, -0.1) is 0 Å². The zero-order chi connectivity index (χ0) is 13.8. The van der Waals surface area contributed by atoms with Gasteiger partial charge in [-0.1, -0.05) is 0 Å². The number of hydrogen-bond acceptors (Lipinski definition) is 4. The SMILES string of the molecule is COc1cc(OC)cc(OCC(C)(C)C(=O)O)c1. The Bertz CT molecular complexity index is 403. The second-order valence-corrected chi connectivity index (χ2v) is 4.53. The van der Waals surface area contributed by atoms with E-state index in [4.69, 9.17) is 19.3 Å². The highest BCUT2D eigenvalue weighted by atomic mass is 16.5. The highest BCUT2D eigenvalue weighted by Crippen LogP contribution is 2.28. The monoisotopic (exact) mass is 254 g/mol. The molecule has 0 aliphatic rings. The number of carboxylic acid groups (broad SMARTS) is 1. The second kappa shape index (κ2) is 5.62. The Hall–Kier alpha value is -1.91. The molecule has 0 aromatic heterocycles. The van der Waals surface area contributed by atoms with Gasteiger partial charge in [0.05, 0.1) is 19.6 Å². The standard InChI is InChI=1S/C13H18O5/c1-13(2,12(14)15)8-18-11-6-9(16-3)5-10(7-11)17-4/h5-7H,8H2,1-4H3,(H,14,15). The first-order valence-corrected chi connectivity index (χ1v) is 5.48. The van der Waals surface area contributed by atoms with Gasteiger partial charge in [0.15, 0.2) is 0 Å². The van der Waals surface area contributed by atoms with Gasteiger partial charge in [-0.25, -0.2) is 0 Å². The third-order valence-electron chi connectivity index (χ3n) is 2.50. The van der Waals surface area contributed by atoms with Crippen molar-refractivity contribution >= 4 is 5.97 Å². The van der Waals surface area contributed by atoms with E-state index in [-0.39, 0.29) is 6.61 Å². The molecule has 0 unspecified atom stereocenters. The predicted molar refractivity (Wildman–Crippen MR) is 66.5 cm³/mol. The van der Waals surface area contributed by atoms with Crippen LogP contribution >= 0.6 is 0 Å². The fourth-order valence-electron chi connectivity index (χ4n) is 1.19. The number of aliphatic carboxylic acids is 1. The van der Waals surface area contributed by atoms with Gasteiger partial charge in [-0.05, 0) is 13.8 Å². The van der Waals surface area contributed by atoms with Crippen molar-refractivity contribution in [2.24, 2.45) is 5.41 Å². The highest BCUT2D eigenvalue weighted by Gasteiger charge is 2.28. The molecule has 18 heavy (non-hydrogen) atoms. The summed E-state index contributed by atoms with van der Waals surface area (Å²) in [5.74, 6) is 0.799. The number of ether oxygens (including phenoxy) is 3. The van der Waals surface area contributed by atoms with Crippen LogP contribution in [0, 0.1) is 5.41 Å². The molecule has 100 valence electrons. The Labute approximate surface area is 106 Å². The molecule has 0 aliphatic carbocycles. The van der Waals surface area contributed by atoms with Gasteiger partial charge in [-0.2, -0.15) is 0 Å². The van der Waals surface area contributed by atoms with E-state index in [1.165, 1.54) is 0 Å². The smallest absolute Gasteiger partial charge is 0.312 e. The summed E-state index contributed by atoms with van der Waals surface area (Å²) in [7, 11) is 3.08. The Balaban J connectivity index is 2.81. The van der Waals surface area contributed by atoms with Crippen molar-refractivity contribution < 1.29 is 24.1 Å². The van der Waals surface area contributed by atoms with Crippen LogP contribution < -0.4 is 14.2 Å². The number of carbonyl (C=O) groups is 1. The first-order chi connectivity index (χ1) is 8.39. The molecule has 5 heteroatoms. The fourth-order valence-corrected chi connectivity index (χ4v) is 1.19. The molecule has 0 radical (unpaired) electrons. The van der Waals surface area contributed by atoms with Crippen LogP contribution in [0.25, 0.3) is 0 Å². The summed E-state index contributed by atoms with van der Waals surface area (Å²) in [5.41, 5.74) is -0.948. The van der Waals surface area contributed by atoms with E-state index >= 15 is 0 Å². The van der Waals surface area contributed by atoms with Gasteiger partial charge in [0.1, 0.15) is 23.9 Å². The molecule has 0 saturated heterocycles. The maximum atomic E-state index is 11.0. The van der Waals surface area contributed by atoms with E-state index < -0.39 is 11.4 Å². The molecule has 0 aliphatic heterocycles. The zero-order valence-electron chi connectivity index (χ0n) is 11.0. The largest absolute Gasteiger partial charge is 0.496 e. The van der Waals surface area contributed by atoms with Crippen LogP contribution in [0.5, 0.6) is 17.2 Å². The summed E-state index contributed by atoms with van der Waals surface area (Å²) >= 11 is 0. The summed E-state index contributed by atoms with van der Waals surface area (Å²) in [6.07, 6.45) is 0. The summed E-state index contributed by atoms with van der Waals surface area (Å²) in [6, 6.07) is 5.08. The van der Waals surface area contributed by atoms with Gasteiger partial charge in [0.2, 0.25) is 0 Å². The van der Waals surface area contributed by atoms with E-state index in [1.807, 2.05) is 0 Å². The average molecular weight is 254 g/mol. The molecule has 5 nitrogen and oxygen atoms in total. The molecular weight excluding hydrogens is 236 g/mol. The van der Waals surface area contributed by atoms with Crippen LogP contribution in [-0.2, 0) is 4.79 Å². The van der Waals surface area contributed by atoms with Crippen molar-refractivity contribution in [1.82, 2.24) is 0 Å². The van der Waals surface area contributed by atoms with E-state index in [0.29, 0.717) is 17.2 Å². The van der Waals surface area contributed by atoms with Crippen molar-refractivity contribution in [1.29, 1.82) is 0 Å². The summed E-state index contributed by atoms with van der Waals surface area (Å²) in [6.45, 7) is 3.28. The van der Waals surface area contributed by atoms with Crippen LogP contribution in [0.4, 0.5) is 0 Å². The van der Waals surface area contributed by atoms with Gasteiger partial charge in [0.25, 0.3) is 0 Å². The van der Waals surface area contributed by atoms with E-state index in [9.17, 15) is 4.79 Å². The zero-order valence-corrected chi connectivity index (χ0v) is 11.0. The van der Waals surface area contributed by atoms with Crippen molar-refractivity contribution in [2.45, 2.75) is 13.8 Å². The van der Waals surface area contributed by atoms with Crippen LogP contribution in [0.15, 0.2) is 18.2 Å². The fraction of sp³-hybridized carbons (Fsp3) is 0.462. The van der Waals surface area contributed by atoms with Crippen molar-refractivity contribution in [3.05, 3.63) is 18.2 Å². The topological polar surface area (TPSA) is 65.0 Å². The van der Waals surface area contributed by atoms with E-state index in [0.717, 1.165) is 0 Å². The summed E-state index contributed by atoms with van der Waals surface area (Å²) < 4.78 is 15.7. The molecule has 1 aromatic rings. The number of hydrogen-bond donors (Lipinski definition) is 1. The van der Waals surface area contributed by atoms with Gasteiger partial charge < -0.3 is 19.3 Å². The Morgan fingerprint density at radius 3 is 1.94 bits per heavy atom. The Morgan fingerprint density at radius 2 is 1.56 bits per heavy atom. The lowest BCUT2D eigenvalue weighted by Gasteiger charge is -2.20. The maximum Gasteiger partial charge on any atom is 0.312 e. The molecule has 0 bridgehead atoms. The highest BCUT2D eigenvalue weighted by molar-refractivity contribution is 5.73. The Kier molecular flexibility index (Phi) is 4.42. The quantitative estimate of drug-likeness (QED) is 0.843. The van der Waals surface area contributed by atoms with Crippen LogP contribution in [0.3, 0.4) is 0 Å². The van der Waals surface area contributed by atoms with Gasteiger partial charge in [0, 0.05) is 18.2 Å². The number of carboxylic acids is 1. The molecule has 1 rings (SSSR count). The molecule has 0 atom stereocenters. The van der Waals surface area contributed by atoms with Crippen molar-refractivity contribution in [3.63, 3.8) is 0 Å². The minimum absolute atomic E-state index is 0.0681. The van der Waals surface area contributed by atoms with Crippen LogP contribution in [-0.4, -0.2) is 31.9 Å². The van der Waals surface area contributed by atoms with E-state index in [1.54, 1.807) is 46.3 Å². The number of rotatable bonds is 6. The van der Waals surface area contributed by atoms with Gasteiger partial charge in [-0.3, -0.25) is 4.79 Å². The first kappa shape index (κ1) is 14.2. The molecule has 0 fully saturated rings. The van der Waals surface area contributed by atoms with Crippen molar-refractivity contribution in [3.8, 4) is 17.2 Å². The lowest BCUT2D eigenvalue weighted by molar-refractivity contribution is -0.148. The molecule has 0 saturated carbocycles. The summed E-state index contributed by atoms with van der Waals surface area (Å²) in [4.78, 5) is 11.0. The molecule has 0 heterocycles. The third kappa shape index (κ3) is 3.55.